The summed E-state index contributed by atoms with van der Waals surface area (Å²) in [6.45, 7) is 9.81. The summed E-state index contributed by atoms with van der Waals surface area (Å²) in [6.07, 6.45) is 2.22. The van der Waals surface area contributed by atoms with Crippen molar-refractivity contribution in [3.63, 3.8) is 0 Å². The summed E-state index contributed by atoms with van der Waals surface area (Å²) >= 11 is 0. The number of carbonyl (C=O) groups is 1. The van der Waals surface area contributed by atoms with Crippen molar-refractivity contribution < 1.29 is 4.79 Å². The number of amides is 1. The minimum atomic E-state index is -0.103. The van der Waals surface area contributed by atoms with Gasteiger partial charge in [-0.1, -0.05) is 13.8 Å². The highest BCUT2D eigenvalue weighted by Gasteiger charge is 2.36. The Labute approximate surface area is 121 Å². The maximum atomic E-state index is 12.4. The van der Waals surface area contributed by atoms with E-state index in [1.165, 1.54) is 0 Å². The third-order valence-corrected chi connectivity index (χ3v) is 4.49. The molecule has 0 aliphatic carbocycles. The first-order valence-electron chi connectivity index (χ1n) is 7.33. The molecule has 20 heavy (non-hydrogen) atoms. The van der Waals surface area contributed by atoms with Crippen LogP contribution < -0.4 is 10.6 Å². The Morgan fingerprint density at radius 3 is 2.75 bits per heavy atom. The van der Waals surface area contributed by atoms with E-state index in [0.717, 1.165) is 36.3 Å². The number of rotatable bonds is 3. The Hall–Kier alpha value is -1.36. The van der Waals surface area contributed by atoms with E-state index >= 15 is 0 Å². The van der Waals surface area contributed by atoms with E-state index in [-0.39, 0.29) is 17.4 Å². The molecule has 1 unspecified atom stereocenters. The van der Waals surface area contributed by atoms with E-state index < -0.39 is 0 Å². The largest absolute Gasteiger partial charge is 0.351 e. The van der Waals surface area contributed by atoms with Gasteiger partial charge in [-0.05, 0) is 38.6 Å². The van der Waals surface area contributed by atoms with Gasteiger partial charge in [0, 0.05) is 24.8 Å². The van der Waals surface area contributed by atoms with Gasteiger partial charge in [0.2, 0.25) is 5.91 Å². The fourth-order valence-corrected chi connectivity index (χ4v) is 3.01. The molecule has 2 rings (SSSR count). The van der Waals surface area contributed by atoms with Crippen molar-refractivity contribution in [3.8, 4) is 0 Å². The smallest absolute Gasteiger partial charge is 0.237 e. The lowest BCUT2D eigenvalue weighted by molar-refractivity contribution is -0.126. The van der Waals surface area contributed by atoms with Crippen molar-refractivity contribution in [2.45, 2.75) is 53.1 Å². The van der Waals surface area contributed by atoms with E-state index in [9.17, 15) is 4.79 Å². The van der Waals surface area contributed by atoms with Crippen LogP contribution in [0.3, 0.4) is 0 Å². The van der Waals surface area contributed by atoms with Gasteiger partial charge >= 0.3 is 0 Å². The maximum Gasteiger partial charge on any atom is 0.237 e. The molecule has 2 N–H and O–H groups in total. The Kier molecular flexibility index (Phi) is 4.18. The fourth-order valence-electron chi connectivity index (χ4n) is 3.01. The van der Waals surface area contributed by atoms with Crippen molar-refractivity contribution in [2.24, 2.45) is 12.5 Å². The molecule has 0 saturated carbocycles. The molecule has 0 bridgehead atoms. The van der Waals surface area contributed by atoms with Crippen LogP contribution in [0.4, 0.5) is 0 Å². The summed E-state index contributed by atoms with van der Waals surface area (Å²) in [5, 5.41) is 10.8. The van der Waals surface area contributed by atoms with Gasteiger partial charge in [-0.15, -0.1) is 0 Å². The van der Waals surface area contributed by atoms with Crippen LogP contribution in [0.25, 0.3) is 0 Å². The summed E-state index contributed by atoms with van der Waals surface area (Å²) in [5.41, 5.74) is 3.23. The number of aryl methyl sites for hydroxylation is 2. The molecule has 0 spiro atoms. The average molecular weight is 278 g/mol. The summed E-state index contributed by atoms with van der Waals surface area (Å²) in [4.78, 5) is 12.4. The molecule has 1 aliphatic heterocycles. The van der Waals surface area contributed by atoms with Gasteiger partial charge in [-0.25, -0.2) is 0 Å². The van der Waals surface area contributed by atoms with Crippen LogP contribution in [0.5, 0.6) is 0 Å². The second-order valence-electron chi connectivity index (χ2n) is 6.47. The number of piperidine rings is 1. The highest BCUT2D eigenvalue weighted by Crippen LogP contribution is 2.30. The standard InChI is InChI=1S/C15H26N4O/c1-10-12(11(2)19(5)18-10)9-17-14(20)13-15(3,4)7-6-8-16-13/h13,16H,6-9H2,1-5H3,(H,17,20). The monoisotopic (exact) mass is 278 g/mol. The summed E-state index contributed by atoms with van der Waals surface area (Å²) in [5.74, 6) is 0.0948. The lowest BCUT2D eigenvalue weighted by Gasteiger charge is -2.38. The summed E-state index contributed by atoms with van der Waals surface area (Å²) in [7, 11) is 1.93. The first-order chi connectivity index (χ1) is 9.33. The number of aromatic nitrogens is 2. The molecule has 1 aromatic rings. The van der Waals surface area contributed by atoms with Gasteiger partial charge in [-0.3, -0.25) is 9.48 Å². The molecular formula is C15H26N4O. The molecule has 2 heterocycles. The molecule has 112 valence electrons. The Balaban J connectivity index is 2.01. The third kappa shape index (κ3) is 2.87. The number of nitrogens with one attached hydrogen (secondary N) is 2. The molecule has 0 aromatic carbocycles. The SMILES string of the molecule is Cc1nn(C)c(C)c1CNC(=O)C1NCCCC1(C)C. The fraction of sp³-hybridized carbons (Fsp3) is 0.733. The first kappa shape index (κ1) is 15.0. The van der Waals surface area contributed by atoms with Crippen LogP contribution in [-0.4, -0.2) is 28.3 Å². The molecular weight excluding hydrogens is 252 g/mol. The number of hydrogen-bond donors (Lipinski definition) is 2. The van der Waals surface area contributed by atoms with Crippen LogP contribution in [0.15, 0.2) is 0 Å². The predicted molar refractivity (Wildman–Crippen MR) is 79.3 cm³/mol. The van der Waals surface area contributed by atoms with Crippen LogP contribution >= 0.6 is 0 Å². The van der Waals surface area contributed by atoms with Gasteiger partial charge in [0.05, 0.1) is 11.7 Å². The van der Waals surface area contributed by atoms with E-state index in [0.29, 0.717) is 6.54 Å². The number of nitrogens with zero attached hydrogens (tertiary/aromatic N) is 2. The minimum Gasteiger partial charge on any atom is -0.351 e. The van der Waals surface area contributed by atoms with Crippen molar-refractivity contribution in [1.82, 2.24) is 20.4 Å². The Morgan fingerprint density at radius 2 is 2.20 bits per heavy atom. The van der Waals surface area contributed by atoms with E-state index in [2.05, 4.69) is 29.6 Å². The van der Waals surface area contributed by atoms with Crippen molar-refractivity contribution in [3.05, 3.63) is 17.0 Å². The predicted octanol–water partition coefficient (Wildman–Crippen LogP) is 1.43. The Morgan fingerprint density at radius 1 is 1.50 bits per heavy atom. The Bertz CT molecular complexity index is 504. The number of hydrogen-bond acceptors (Lipinski definition) is 3. The minimum absolute atomic E-state index is 0.0152. The molecule has 1 amide bonds. The molecule has 1 atom stereocenters. The topological polar surface area (TPSA) is 59.0 Å². The van der Waals surface area contributed by atoms with E-state index in [1.807, 2.05) is 25.6 Å². The van der Waals surface area contributed by atoms with Gasteiger partial charge in [0.15, 0.2) is 0 Å². The van der Waals surface area contributed by atoms with Gasteiger partial charge in [0.25, 0.3) is 0 Å². The molecule has 1 fully saturated rings. The quantitative estimate of drug-likeness (QED) is 0.879. The van der Waals surface area contributed by atoms with Crippen molar-refractivity contribution in [1.29, 1.82) is 0 Å². The highest BCUT2D eigenvalue weighted by atomic mass is 16.2. The lowest BCUT2D eigenvalue weighted by Crippen LogP contribution is -2.55. The van der Waals surface area contributed by atoms with Gasteiger partial charge in [-0.2, -0.15) is 5.10 Å². The maximum absolute atomic E-state index is 12.4. The molecule has 1 aliphatic rings. The van der Waals surface area contributed by atoms with Crippen LogP contribution in [0, 0.1) is 19.3 Å². The molecule has 5 heteroatoms. The number of carbonyl (C=O) groups excluding carboxylic acids is 1. The zero-order valence-corrected chi connectivity index (χ0v) is 13.2. The molecule has 1 saturated heterocycles. The van der Waals surface area contributed by atoms with Gasteiger partial charge in [0.1, 0.15) is 0 Å². The van der Waals surface area contributed by atoms with E-state index in [1.54, 1.807) is 0 Å². The highest BCUT2D eigenvalue weighted by molar-refractivity contribution is 5.82. The van der Waals surface area contributed by atoms with Crippen LogP contribution in [-0.2, 0) is 18.4 Å². The van der Waals surface area contributed by atoms with Crippen LogP contribution in [0.1, 0.15) is 43.6 Å². The zero-order chi connectivity index (χ0) is 14.9. The normalized spacial score (nSPS) is 21.8. The molecule has 0 radical (unpaired) electrons. The van der Waals surface area contributed by atoms with Crippen molar-refractivity contribution >= 4 is 5.91 Å². The zero-order valence-electron chi connectivity index (χ0n) is 13.2. The summed E-state index contributed by atoms with van der Waals surface area (Å²) in [6, 6.07) is -0.103. The summed E-state index contributed by atoms with van der Waals surface area (Å²) < 4.78 is 1.86. The van der Waals surface area contributed by atoms with Crippen molar-refractivity contribution in [2.75, 3.05) is 6.54 Å². The third-order valence-electron chi connectivity index (χ3n) is 4.49. The second kappa shape index (κ2) is 5.56. The van der Waals surface area contributed by atoms with E-state index in [4.69, 9.17) is 0 Å². The second-order valence-corrected chi connectivity index (χ2v) is 6.47. The first-order valence-corrected chi connectivity index (χ1v) is 7.33. The van der Waals surface area contributed by atoms with Crippen LogP contribution in [0.2, 0.25) is 0 Å². The average Bonchev–Trinajstić information content (AvgIpc) is 2.60. The lowest BCUT2D eigenvalue weighted by atomic mass is 9.77. The molecule has 1 aromatic heterocycles. The van der Waals surface area contributed by atoms with Gasteiger partial charge < -0.3 is 10.6 Å². The molecule has 5 nitrogen and oxygen atoms in total.